The number of nitro groups is 1. The Hall–Kier alpha value is -2.94. The first kappa shape index (κ1) is 15.0. The van der Waals surface area contributed by atoms with Gasteiger partial charge in [-0.2, -0.15) is 0 Å². The summed E-state index contributed by atoms with van der Waals surface area (Å²) in [5.74, 6) is 0. The van der Waals surface area contributed by atoms with Gasteiger partial charge in [-0.1, -0.05) is 0 Å². The van der Waals surface area contributed by atoms with E-state index in [1.165, 1.54) is 23.5 Å². The summed E-state index contributed by atoms with van der Waals surface area (Å²) in [6.07, 6.45) is 2.88. The number of nitrogens with one attached hydrogen (secondary N) is 1. The quantitative estimate of drug-likeness (QED) is 0.572. The minimum atomic E-state index is -0.553. The van der Waals surface area contributed by atoms with Gasteiger partial charge in [-0.25, -0.2) is 9.78 Å². The number of fused-ring (bicyclic) bond motifs is 1. The molecule has 0 fully saturated rings. The molecule has 0 spiro atoms. The number of aromatic nitrogens is 2. The molecule has 23 heavy (non-hydrogen) atoms. The summed E-state index contributed by atoms with van der Waals surface area (Å²) in [5, 5.41) is 15.1. The second-order valence-electron chi connectivity index (χ2n) is 4.68. The van der Waals surface area contributed by atoms with E-state index in [-0.39, 0.29) is 12.3 Å². The largest absolute Gasteiger partial charge is 0.445 e. The molecule has 0 saturated carbocycles. The highest BCUT2D eigenvalue weighted by molar-refractivity contribution is 7.15. The van der Waals surface area contributed by atoms with Crippen molar-refractivity contribution >= 4 is 27.9 Å². The summed E-state index contributed by atoms with van der Waals surface area (Å²) < 4.78 is 6.97. The molecule has 8 nitrogen and oxygen atoms in total. The first-order valence-electron chi connectivity index (χ1n) is 6.66. The summed E-state index contributed by atoms with van der Waals surface area (Å²) in [6, 6.07) is 5.86. The lowest BCUT2D eigenvalue weighted by molar-refractivity contribution is -0.384. The van der Waals surface area contributed by atoms with Gasteiger partial charge in [-0.05, 0) is 17.7 Å². The molecule has 2 heterocycles. The highest BCUT2D eigenvalue weighted by Gasteiger charge is 2.08. The highest BCUT2D eigenvalue weighted by atomic mass is 32.1. The number of amides is 1. The van der Waals surface area contributed by atoms with Crippen molar-refractivity contribution in [1.82, 2.24) is 14.7 Å². The molecule has 1 N–H and O–H groups in total. The van der Waals surface area contributed by atoms with Gasteiger partial charge in [-0.3, -0.25) is 14.5 Å². The van der Waals surface area contributed by atoms with Crippen molar-refractivity contribution in [3.63, 3.8) is 0 Å². The number of thiazole rings is 1. The number of ether oxygens (including phenoxy) is 1. The normalized spacial score (nSPS) is 10.6. The van der Waals surface area contributed by atoms with Crippen LogP contribution in [0.25, 0.3) is 4.83 Å². The smallest absolute Gasteiger partial charge is 0.407 e. The van der Waals surface area contributed by atoms with E-state index in [0.717, 1.165) is 10.5 Å². The van der Waals surface area contributed by atoms with Crippen LogP contribution in [0.5, 0.6) is 0 Å². The zero-order valence-electron chi connectivity index (χ0n) is 11.8. The average Bonchev–Trinajstić information content (AvgIpc) is 3.15. The lowest BCUT2D eigenvalue weighted by Gasteiger charge is -2.06. The molecule has 0 bridgehead atoms. The fourth-order valence-corrected chi connectivity index (χ4v) is 2.83. The van der Waals surface area contributed by atoms with Gasteiger partial charge in [0.25, 0.3) is 5.69 Å². The Morgan fingerprint density at radius 1 is 1.39 bits per heavy atom. The predicted octanol–water partition coefficient (Wildman–Crippen LogP) is 2.73. The van der Waals surface area contributed by atoms with Crippen LogP contribution >= 0.6 is 11.3 Å². The number of nitrogens with zero attached hydrogens (tertiary/aromatic N) is 3. The summed E-state index contributed by atoms with van der Waals surface area (Å²) >= 11 is 1.54. The molecule has 0 aliphatic carbocycles. The minimum absolute atomic E-state index is 0.00000780. The number of carbonyl (C=O) groups is 1. The van der Waals surface area contributed by atoms with Gasteiger partial charge < -0.3 is 10.1 Å². The molecule has 1 aromatic carbocycles. The average molecular weight is 332 g/mol. The second kappa shape index (κ2) is 6.44. The third-order valence-electron chi connectivity index (χ3n) is 3.16. The van der Waals surface area contributed by atoms with Gasteiger partial charge in [0.1, 0.15) is 17.8 Å². The second-order valence-corrected chi connectivity index (χ2v) is 5.57. The molecule has 9 heteroatoms. The molecular formula is C14H12N4O4S. The van der Waals surface area contributed by atoms with Crippen molar-refractivity contribution in [1.29, 1.82) is 0 Å². The summed E-state index contributed by atoms with van der Waals surface area (Å²) in [5.41, 5.74) is 1.59. The maximum atomic E-state index is 11.7. The Morgan fingerprint density at radius 2 is 2.17 bits per heavy atom. The van der Waals surface area contributed by atoms with Crippen LogP contribution in [-0.4, -0.2) is 20.4 Å². The molecule has 3 aromatic rings. The lowest BCUT2D eigenvalue weighted by Crippen LogP contribution is -2.24. The van der Waals surface area contributed by atoms with Crippen LogP contribution in [0, 0.1) is 10.1 Å². The maximum absolute atomic E-state index is 11.7. The lowest BCUT2D eigenvalue weighted by atomic mass is 10.2. The van der Waals surface area contributed by atoms with Crippen LogP contribution in [0.2, 0.25) is 0 Å². The maximum Gasteiger partial charge on any atom is 0.407 e. The fourth-order valence-electron chi connectivity index (χ4n) is 1.97. The van der Waals surface area contributed by atoms with Gasteiger partial charge in [-0.15, -0.1) is 11.3 Å². The van der Waals surface area contributed by atoms with Crippen molar-refractivity contribution in [3.8, 4) is 0 Å². The third kappa shape index (κ3) is 3.46. The number of imidazole rings is 1. The standard InChI is InChI=1S/C14H12N4O4S/c19-14(16-5-12-8-23-13-6-15-9-17(12)13)22-7-10-1-3-11(4-2-10)18(20)21/h1-4,6,8-9H,5,7H2,(H,16,19). The zero-order valence-corrected chi connectivity index (χ0v) is 12.7. The monoisotopic (exact) mass is 332 g/mol. The minimum Gasteiger partial charge on any atom is -0.445 e. The molecule has 3 rings (SSSR count). The van der Waals surface area contributed by atoms with Crippen LogP contribution in [0.4, 0.5) is 10.5 Å². The molecule has 0 atom stereocenters. The number of hydrogen-bond donors (Lipinski definition) is 1. The topological polar surface area (TPSA) is 98.8 Å². The molecule has 0 aliphatic heterocycles. The van der Waals surface area contributed by atoms with Gasteiger partial charge in [0.2, 0.25) is 0 Å². The molecule has 2 aromatic heterocycles. The number of alkyl carbamates (subject to hydrolysis) is 1. The summed E-state index contributed by atoms with van der Waals surface area (Å²) in [4.78, 5) is 26.8. The molecule has 0 radical (unpaired) electrons. The van der Waals surface area contributed by atoms with Gasteiger partial charge in [0.05, 0.1) is 23.4 Å². The predicted molar refractivity (Wildman–Crippen MR) is 83.2 cm³/mol. The van der Waals surface area contributed by atoms with Gasteiger partial charge in [0.15, 0.2) is 0 Å². The van der Waals surface area contributed by atoms with Crippen LogP contribution in [0.3, 0.4) is 0 Å². The van der Waals surface area contributed by atoms with E-state index in [2.05, 4.69) is 10.3 Å². The zero-order chi connectivity index (χ0) is 16.2. The molecule has 0 aliphatic rings. The molecule has 0 saturated heterocycles. The molecule has 0 unspecified atom stereocenters. The first-order chi connectivity index (χ1) is 11.1. The van der Waals surface area contributed by atoms with Crippen LogP contribution in [0.15, 0.2) is 42.2 Å². The van der Waals surface area contributed by atoms with E-state index in [1.54, 1.807) is 24.7 Å². The summed E-state index contributed by atoms with van der Waals surface area (Å²) in [7, 11) is 0. The van der Waals surface area contributed by atoms with E-state index >= 15 is 0 Å². The van der Waals surface area contributed by atoms with Crippen LogP contribution in [-0.2, 0) is 17.9 Å². The van der Waals surface area contributed by atoms with Crippen molar-refractivity contribution in [2.75, 3.05) is 0 Å². The van der Waals surface area contributed by atoms with Gasteiger partial charge in [0, 0.05) is 17.5 Å². The van der Waals surface area contributed by atoms with Crippen LogP contribution in [0.1, 0.15) is 11.3 Å². The number of nitro benzene ring substituents is 1. The fraction of sp³-hybridized carbons (Fsp3) is 0.143. The number of non-ortho nitro benzene ring substituents is 1. The van der Waals surface area contributed by atoms with E-state index in [1.807, 2.05) is 9.78 Å². The molecule has 1 amide bonds. The Labute approximate surface area is 134 Å². The molecule has 118 valence electrons. The molecular weight excluding hydrogens is 320 g/mol. The van der Waals surface area contributed by atoms with Crippen molar-refractivity contribution in [3.05, 3.63) is 63.5 Å². The number of benzene rings is 1. The Kier molecular flexibility index (Phi) is 4.20. The SMILES string of the molecule is O=C(NCc1csc2cncn12)OCc1ccc([N+](=O)[O-])cc1. The van der Waals surface area contributed by atoms with Crippen molar-refractivity contribution < 1.29 is 14.5 Å². The van der Waals surface area contributed by atoms with Crippen LogP contribution < -0.4 is 5.32 Å². The Bertz CT molecular complexity index is 840. The van der Waals surface area contributed by atoms with E-state index in [9.17, 15) is 14.9 Å². The van der Waals surface area contributed by atoms with Crippen molar-refractivity contribution in [2.45, 2.75) is 13.2 Å². The third-order valence-corrected chi connectivity index (χ3v) is 4.09. The number of hydrogen-bond acceptors (Lipinski definition) is 6. The van der Waals surface area contributed by atoms with Crippen molar-refractivity contribution in [2.24, 2.45) is 0 Å². The Balaban J connectivity index is 1.49. The van der Waals surface area contributed by atoms with Gasteiger partial charge >= 0.3 is 6.09 Å². The Morgan fingerprint density at radius 3 is 2.91 bits per heavy atom. The first-order valence-corrected chi connectivity index (χ1v) is 7.54. The van der Waals surface area contributed by atoms with E-state index < -0.39 is 11.0 Å². The number of carbonyl (C=O) groups excluding carboxylic acids is 1. The number of rotatable bonds is 5. The summed E-state index contributed by atoms with van der Waals surface area (Å²) in [6.45, 7) is 0.378. The van der Waals surface area contributed by atoms with E-state index in [0.29, 0.717) is 12.1 Å². The highest BCUT2D eigenvalue weighted by Crippen LogP contribution is 2.15. The van der Waals surface area contributed by atoms with E-state index in [4.69, 9.17) is 4.74 Å².